The summed E-state index contributed by atoms with van der Waals surface area (Å²) in [6.45, 7) is 2.06. The van der Waals surface area contributed by atoms with E-state index in [1.54, 1.807) is 25.3 Å². The van der Waals surface area contributed by atoms with Crippen molar-refractivity contribution in [3.05, 3.63) is 95.7 Å². The molecule has 4 aromatic rings. The number of nitrogens with one attached hydrogen (secondary N) is 2. The van der Waals surface area contributed by atoms with Gasteiger partial charge in [-0.05, 0) is 47.9 Å². The van der Waals surface area contributed by atoms with Crippen molar-refractivity contribution in [3.8, 4) is 0 Å². The van der Waals surface area contributed by atoms with Crippen LogP contribution in [0.3, 0.4) is 0 Å². The van der Waals surface area contributed by atoms with Gasteiger partial charge in [-0.25, -0.2) is 9.18 Å². The van der Waals surface area contributed by atoms with E-state index < -0.39 is 0 Å². The number of nitrogens with zero attached hydrogens (tertiary/aromatic N) is 2. The Hall–Kier alpha value is -3.67. The molecule has 2 N–H and O–H groups in total. The second-order valence-electron chi connectivity index (χ2n) is 7.35. The lowest BCUT2D eigenvalue weighted by Gasteiger charge is -2.18. The molecule has 0 aliphatic heterocycles. The van der Waals surface area contributed by atoms with E-state index in [4.69, 9.17) is 0 Å². The molecular weight excluding hydrogens is 379 g/mol. The van der Waals surface area contributed by atoms with E-state index in [0.717, 1.165) is 22.0 Å². The first-order valence-corrected chi connectivity index (χ1v) is 9.78. The number of hydrogen-bond donors (Lipinski definition) is 2. The molecule has 0 bridgehead atoms. The summed E-state index contributed by atoms with van der Waals surface area (Å²) in [4.78, 5) is 16.7. The number of pyridine rings is 1. The van der Waals surface area contributed by atoms with Crippen molar-refractivity contribution in [2.75, 3.05) is 11.9 Å². The lowest BCUT2D eigenvalue weighted by atomic mass is 9.92. The molecule has 152 valence electrons. The molecule has 5 nitrogen and oxygen atoms in total. The molecule has 2 aromatic carbocycles. The molecule has 0 saturated carbocycles. The highest BCUT2D eigenvalue weighted by molar-refractivity contribution is 5.89. The topological polar surface area (TPSA) is 59.0 Å². The third-order valence-electron chi connectivity index (χ3n) is 5.29. The van der Waals surface area contributed by atoms with E-state index in [9.17, 15) is 9.18 Å². The molecule has 2 aromatic heterocycles. The minimum Gasteiger partial charge on any atom is -0.350 e. The summed E-state index contributed by atoms with van der Waals surface area (Å²) in [5.41, 5.74) is 4.20. The number of anilines is 1. The van der Waals surface area contributed by atoms with Gasteiger partial charge in [0.05, 0.1) is 0 Å². The van der Waals surface area contributed by atoms with Crippen molar-refractivity contribution in [1.29, 1.82) is 0 Å². The number of carbonyl (C=O) groups excluding carboxylic acids is 1. The van der Waals surface area contributed by atoms with Gasteiger partial charge in [0.2, 0.25) is 0 Å². The standard InChI is InChI=1S/C24H23FN4O/c1-16-9-10-18(12-22(16)25)28-24(30)27-14-20(17-6-5-11-26-13-17)21-15-29(2)23-8-4-3-7-19(21)23/h3-13,15,20H,14H2,1-2H3,(H2,27,28,30)/t20-/m0/s1. The van der Waals surface area contributed by atoms with Gasteiger partial charge in [-0.1, -0.05) is 30.3 Å². The highest BCUT2D eigenvalue weighted by atomic mass is 19.1. The molecule has 0 aliphatic carbocycles. The van der Waals surface area contributed by atoms with E-state index in [1.807, 2.05) is 37.5 Å². The zero-order valence-corrected chi connectivity index (χ0v) is 16.9. The van der Waals surface area contributed by atoms with Crippen LogP contribution in [0.1, 0.15) is 22.6 Å². The Kier molecular flexibility index (Phi) is 5.48. The number of urea groups is 1. The van der Waals surface area contributed by atoms with Gasteiger partial charge in [-0.2, -0.15) is 0 Å². The first kappa shape index (κ1) is 19.6. The monoisotopic (exact) mass is 402 g/mol. The lowest BCUT2D eigenvalue weighted by molar-refractivity contribution is 0.252. The van der Waals surface area contributed by atoms with Crippen LogP contribution < -0.4 is 10.6 Å². The van der Waals surface area contributed by atoms with Crippen molar-refractivity contribution in [2.24, 2.45) is 7.05 Å². The predicted molar refractivity (Wildman–Crippen MR) is 117 cm³/mol. The van der Waals surface area contributed by atoms with Crippen LogP contribution in [0.2, 0.25) is 0 Å². The third-order valence-corrected chi connectivity index (χ3v) is 5.29. The summed E-state index contributed by atoms with van der Waals surface area (Å²) in [6, 6.07) is 16.3. The zero-order valence-electron chi connectivity index (χ0n) is 16.9. The number of carbonyl (C=O) groups is 1. The summed E-state index contributed by atoms with van der Waals surface area (Å²) in [5.74, 6) is -0.429. The lowest BCUT2D eigenvalue weighted by Crippen LogP contribution is -2.32. The number of aryl methyl sites for hydroxylation is 2. The van der Waals surface area contributed by atoms with Crippen LogP contribution in [0.15, 0.2) is 73.2 Å². The molecule has 0 radical (unpaired) electrons. The van der Waals surface area contributed by atoms with E-state index >= 15 is 0 Å². The van der Waals surface area contributed by atoms with Gasteiger partial charge in [0.25, 0.3) is 0 Å². The van der Waals surface area contributed by atoms with Crippen LogP contribution in [-0.2, 0) is 7.05 Å². The van der Waals surface area contributed by atoms with Crippen LogP contribution in [0.25, 0.3) is 10.9 Å². The average molecular weight is 402 g/mol. The number of halogens is 1. The van der Waals surface area contributed by atoms with Crippen LogP contribution in [0, 0.1) is 12.7 Å². The molecule has 0 aliphatic rings. The summed E-state index contributed by atoms with van der Waals surface area (Å²) in [7, 11) is 2.01. The Morgan fingerprint density at radius 1 is 1.17 bits per heavy atom. The number of para-hydroxylation sites is 1. The number of fused-ring (bicyclic) bond motifs is 1. The SMILES string of the molecule is Cc1ccc(NC(=O)NC[C@@H](c2cccnc2)c2cn(C)c3ccccc23)cc1F. The van der Waals surface area contributed by atoms with Crippen molar-refractivity contribution in [3.63, 3.8) is 0 Å². The van der Waals surface area contributed by atoms with Crippen molar-refractivity contribution >= 4 is 22.6 Å². The molecule has 0 unspecified atom stereocenters. The maximum absolute atomic E-state index is 13.8. The second-order valence-corrected chi connectivity index (χ2v) is 7.35. The smallest absolute Gasteiger partial charge is 0.319 e. The van der Waals surface area contributed by atoms with E-state index in [0.29, 0.717) is 17.8 Å². The molecule has 2 amide bonds. The highest BCUT2D eigenvalue weighted by Gasteiger charge is 2.20. The zero-order chi connectivity index (χ0) is 21.1. The molecule has 2 heterocycles. The molecular formula is C24H23FN4O. The Bertz CT molecular complexity index is 1190. The minimum atomic E-state index is -0.382. The molecule has 6 heteroatoms. The van der Waals surface area contributed by atoms with Crippen LogP contribution in [0.5, 0.6) is 0 Å². The summed E-state index contributed by atoms with van der Waals surface area (Å²) >= 11 is 0. The molecule has 1 atom stereocenters. The summed E-state index contributed by atoms with van der Waals surface area (Å²) in [6.07, 6.45) is 5.65. The first-order chi connectivity index (χ1) is 14.5. The Balaban J connectivity index is 1.58. The number of rotatable bonds is 5. The Morgan fingerprint density at radius 2 is 2.00 bits per heavy atom. The average Bonchev–Trinajstić information content (AvgIpc) is 3.08. The predicted octanol–water partition coefficient (Wildman–Crippen LogP) is 4.97. The second kappa shape index (κ2) is 8.37. The normalized spacial score (nSPS) is 12.0. The number of aromatic nitrogens is 2. The quantitative estimate of drug-likeness (QED) is 0.495. The first-order valence-electron chi connectivity index (χ1n) is 9.78. The van der Waals surface area contributed by atoms with Crippen molar-refractivity contribution in [2.45, 2.75) is 12.8 Å². The van der Waals surface area contributed by atoms with E-state index in [2.05, 4.69) is 38.5 Å². The van der Waals surface area contributed by atoms with Gasteiger partial charge < -0.3 is 15.2 Å². The fourth-order valence-corrected chi connectivity index (χ4v) is 3.68. The molecule has 0 saturated heterocycles. The largest absolute Gasteiger partial charge is 0.350 e. The van der Waals surface area contributed by atoms with Gasteiger partial charge in [0.1, 0.15) is 5.82 Å². The van der Waals surface area contributed by atoms with Crippen LogP contribution in [0.4, 0.5) is 14.9 Å². The van der Waals surface area contributed by atoms with Crippen LogP contribution in [-0.4, -0.2) is 22.1 Å². The van der Waals surface area contributed by atoms with Gasteiger partial charge >= 0.3 is 6.03 Å². The number of hydrogen-bond acceptors (Lipinski definition) is 2. The molecule has 0 spiro atoms. The van der Waals surface area contributed by atoms with Crippen LogP contribution >= 0.6 is 0 Å². The highest BCUT2D eigenvalue weighted by Crippen LogP contribution is 2.31. The van der Waals surface area contributed by atoms with Crippen molar-refractivity contribution in [1.82, 2.24) is 14.9 Å². The van der Waals surface area contributed by atoms with Gasteiger partial charge in [-0.15, -0.1) is 0 Å². The Labute approximate surface area is 174 Å². The maximum Gasteiger partial charge on any atom is 0.319 e. The third kappa shape index (κ3) is 4.03. The number of amides is 2. The van der Waals surface area contributed by atoms with Gasteiger partial charge in [0.15, 0.2) is 0 Å². The number of benzene rings is 2. The van der Waals surface area contributed by atoms with E-state index in [1.165, 1.54) is 6.07 Å². The molecule has 30 heavy (non-hydrogen) atoms. The fraction of sp³-hybridized carbons (Fsp3) is 0.167. The fourth-order valence-electron chi connectivity index (χ4n) is 3.68. The van der Waals surface area contributed by atoms with Crippen molar-refractivity contribution < 1.29 is 9.18 Å². The molecule has 0 fully saturated rings. The van der Waals surface area contributed by atoms with Gasteiger partial charge in [0, 0.05) is 54.7 Å². The summed E-state index contributed by atoms with van der Waals surface area (Å²) < 4.78 is 15.8. The summed E-state index contributed by atoms with van der Waals surface area (Å²) in [5, 5.41) is 6.76. The van der Waals surface area contributed by atoms with Gasteiger partial charge in [-0.3, -0.25) is 4.98 Å². The van der Waals surface area contributed by atoms with E-state index in [-0.39, 0.29) is 17.8 Å². The Morgan fingerprint density at radius 3 is 2.77 bits per heavy atom. The molecule has 4 rings (SSSR count). The minimum absolute atomic E-state index is 0.0784. The maximum atomic E-state index is 13.8.